The minimum absolute atomic E-state index is 0.166. The smallest absolute Gasteiger partial charge is 0.342 e. The van der Waals surface area contributed by atoms with Crippen LogP contribution >= 0.6 is 0 Å². The molecule has 0 radical (unpaired) electrons. The molecule has 0 aliphatic rings. The van der Waals surface area contributed by atoms with Crippen molar-refractivity contribution in [3.63, 3.8) is 0 Å². The second kappa shape index (κ2) is 7.15. The van der Waals surface area contributed by atoms with Crippen molar-refractivity contribution in [3.8, 4) is 17.2 Å². The van der Waals surface area contributed by atoms with Crippen LogP contribution in [-0.2, 0) is 9.53 Å². The van der Waals surface area contributed by atoms with E-state index in [1.165, 1.54) is 33.5 Å². The van der Waals surface area contributed by atoms with E-state index in [9.17, 15) is 9.59 Å². The van der Waals surface area contributed by atoms with Crippen molar-refractivity contribution in [1.29, 1.82) is 0 Å². The molecule has 6 heteroatoms. The Kier molecular flexibility index (Phi) is 5.79. The van der Waals surface area contributed by atoms with Gasteiger partial charge >= 0.3 is 5.97 Å². The fraction of sp³-hybridized carbons (Fsp3) is 0.500. The number of methoxy groups -OCH3 is 3. The maximum Gasteiger partial charge on any atom is 0.342 e. The van der Waals surface area contributed by atoms with Gasteiger partial charge in [-0.15, -0.1) is 0 Å². The summed E-state index contributed by atoms with van der Waals surface area (Å²) in [4.78, 5) is 24.0. The Morgan fingerprint density at radius 2 is 1.41 bits per heavy atom. The summed E-state index contributed by atoms with van der Waals surface area (Å²) in [7, 11) is 4.37. The van der Waals surface area contributed by atoms with E-state index in [2.05, 4.69) is 0 Å². The molecule has 1 rings (SSSR count). The average Bonchev–Trinajstić information content (AvgIpc) is 2.49. The van der Waals surface area contributed by atoms with Crippen LogP contribution in [0.15, 0.2) is 12.1 Å². The zero-order valence-corrected chi connectivity index (χ0v) is 13.8. The van der Waals surface area contributed by atoms with Gasteiger partial charge < -0.3 is 18.9 Å². The molecule has 6 nitrogen and oxygen atoms in total. The molecule has 0 atom stereocenters. The van der Waals surface area contributed by atoms with Crippen LogP contribution in [0.2, 0.25) is 0 Å². The fourth-order valence-electron chi connectivity index (χ4n) is 1.61. The van der Waals surface area contributed by atoms with Crippen molar-refractivity contribution in [2.24, 2.45) is 5.41 Å². The van der Waals surface area contributed by atoms with Gasteiger partial charge in [0.25, 0.3) is 0 Å². The first-order chi connectivity index (χ1) is 10.2. The molecule has 122 valence electrons. The van der Waals surface area contributed by atoms with Crippen LogP contribution in [0.3, 0.4) is 0 Å². The van der Waals surface area contributed by atoms with Gasteiger partial charge in [0, 0.05) is 17.5 Å². The predicted molar refractivity (Wildman–Crippen MR) is 80.8 cm³/mol. The normalized spacial score (nSPS) is 10.8. The Balaban J connectivity index is 3.00. The van der Waals surface area contributed by atoms with Crippen LogP contribution < -0.4 is 14.2 Å². The molecule has 0 amide bonds. The molecule has 0 fully saturated rings. The molecule has 0 aliphatic heterocycles. The van der Waals surface area contributed by atoms with Crippen molar-refractivity contribution < 1.29 is 28.5 Å². The lowest BCUT2D eigenvalue weighted by Gasteiger charge is -2.17. The van der Waals surface area contributed by atoms with Gasteiger partial charge in [0.2, 0.25) is 0 Å². The van der Waals surface area contributed by atoms with Gasteiger partial charge in [-0.1, -0.05) is 20.8 Å². The number of carbonyl (C=O) groups is 2. The van der Waals surface area contributed by atoms with E-state index < -0.39 is 11.4 Å². The first kappa shape index (κ1) is 17.8. The van der Waals surface area contributed by atoms with Gasteiger partial charge in [-0.2, -0.15) is 0 Å². The van der Waals surface area contributed by atoms with Crippen molar-refractivity contribution in [3.05, 3.63) is 17.7 Å². The molecule has 0 heterocycles. The number of ketones is 1. The molecule has 1 aromatic rings. The maximum absolute atomic E-state index is 12.2. The molecule has 0 saturated carbocycles. The van der Waals surface area contributed by atoms with E-state index in [1.54, 1.807) is 20.8 Å². The summed E-state index contributed by atoms with van der Waals surface area (Å²) in [6, 6.07) is 2.99. The van der Waals surface area contributed by atoms with Gasteiger partial charge in [-0.05, 0) is 0 Å². The Morgan fingerprint density at radius 3 is 1.86 bits per heavy atom. The number of hydrogen-bond donors (Lipinski definition) is 0. The third-order valence-electron chi connectivity index (χ3n) is 3.10. The molecule has 0 saturated heterocycles. The first-order valence-electron chi connectivity index (χ1n) is 6.75. The molecule has 0 aromatic heterocycles. The van der Waals surface area contributed by atoms with Crippen LogP contribution in [0.25, 0.3) is 0 Å². The maximum atomic E-state index is 12.2. The summed E-state index contributed by atoms with van der Waals surface area (Å²) >= 11 is 0. The lowest BCUT2D eigenvalue weighted by atomic mass is 9.91. The first-order valence-corrected chi connectivity index (χ1v) is 6.75. The number of hydrogen-bond acceptors (Lipinski definition) is 6. The van der Waals surface area contributed by atoms with Crippen molar-refractivity contribution in [2.75, 3.05) is 27.9 Å². The summed E-state index contributed by atoms with van der Waals surface area (Å²) in [5, 5.41) is 0. The highest BCUT2D eigenvalue weighted by Crippen LogP contribution is 2.35. The summed E-state index contributed by atoms with van der Waals surface area (Å²) in [5.41, 5.74) is -0.399. The third-order valence-corrected chi connectivity index (χ3v) is 3.10. The molecule has 0 N–H and O–H groups in total. The Morgan fingerprint density at radius 1 is 0.909 bits per heavy atom. The van der Waals surface area contributed by atoms with Crippen molar-refractivity contribution in [2.45, 2.75) is 20.8 Å². The van der Waals surface area contributed by atoms with Crippen molar-refractivity contribution >= 4 is 11.8 Å². The zero-order chi connectivity index (χ0) is 16.9. The Hall–Kier alpha value is -2.24. The van der Waals surface area contributed by atoms with E-state index in [0.717, 1.165) is 0 Å². The molecular formula is C16H22O6. The molecule has 1 aromatic carbocycles. The highest BCUT2D eigenvalue weighted by atomic mass is 16.5. The van der Waals surface area contributed by atoms with E-state index >= 15 is 0 Å². The van der Waals surface area contributed by atoms with E-state index in [-0.39, 0.29) is 23.7 Å². The highest BCUT2D eigenvalue weighted by Gasteiger charge is 2.24. The topological polar surface area (TPSA) is 71.1 Å². The van der Waals surface area contributed by atoms with Crippen LogP contribution in [0.4, 0.5) is 0 Å². The molecule has 0 bridgehead atoms. The Bertz CT molecular complexity index is 556. The van der Waals surface area contributed by atoms with Gasteiger partial charge in [-0.25, -0.2) is 4.79 Å². The summed E-state index contributed by atoms with van der Waals surface area (Å²) in [6.07, 6.45) is 0. The Labute approximate surface area is 130 Å². The van der Waals surface area contributed by atoms with E-state index in [0.29, 0.717) is 11.5 Å². The molecule has 22 heavy (non-hydrogen) atoms. The second-order valence-corrected chi connectivity index (χ2v) is 5.66. The molecule has 0 aliphatic carbocycles. The number of ether oxygens (including phenoxy) is 4. The monoisotopic (exact) mass is 310 g/mol. The zero-order valence-electron chi connectivity index (χ0n) is 13.8. The fourth-order valence-corrected chi connectivity index (χ4v) is 1.61. The van der Waals surface area contributed by atoms with Crippen molar-refractivity contribution in [1.82, 2.24) is 0 Å². The third kappa shape index (κ3) is 4.13. The van der Waals surface area contributed by atoms with Gasteiger partial charge in [-0.3, -0.25) is 4.79 Å². The quantitative estimate of drug-likeness (QED) is 0.752. The molecule has 0 unspecified atom stereocenters. The van der Waals surface area contributed by atoms with Crippen LogP contribution in [-0.4, -0.2) is 39.7 Å². The van der Waals surface area contributed by atoms with Gasteiger partial charge in [0.15, 0.2) is 23.9 Å². The number of benzene rings is 1. The summed E-state index contributed by atoms with van der Waals surface area (Å²) < 4.78 is 20.5. The lowest BCUT2D eigenvalue weighted by Crippen LogP contribution is -2.26. The average molecular weight is 310 g/mol. The summed E-state index contributed by atoms with van der Waals surface area (Å²) in [6.45, 7) is 5.00. The molecular weight excluding hydrogens is 288 g/mol. The van der Waals surface area contributed by atoms with Crippen LogP contribution in [0, 0.1) is 5.41 Å². The second-order valence-electron chi connectivity index (χ2n) is 5.66. The minimum atomic E-state index is -0.657. The van der Waals surface area contributed by atoms with Crippen LogP contribution in [0.5, 0.6) is 17.2 Å². The van der Waals surface area contributed by atoms with Gasteiger partial charge in [0.1, 0.15) is 11.3 Å². The van der Waals surface area contributed by atoms with E-state index in [4.69, 9.17) is 18.9 Å². The van der Waals surface area contributed by atoms with Gasteiger partial charge in [0.05, 0.1) is 21.3 Å². The number of Topliss-reactive ketones (excluding diaryl/α,β-unsaturated/α-hetero) is 1. The number of rotatable bonds is 6. The lowest BCUT2D eigenvalue weighted by molar-refractivity contribution is -0.129. The number of esters is 1. The van der Waals surface area contributed by atoms with E-state index in [1.807, 2.05) is 0 Å². The number of carbonyl (C=O) groups excluding carboxylic acids is 2. The van der Waals surface area contributed by atoms with Crippen LogP contribution in [0.1, 0.15) is 31.1 Å². The SMILES string of the molecule is COc1cc(OC)c(C(=O)OCC(=O)C(C)(C)C)cc1OC. The highest BCUT2D eigenvalue weighted by molar-refractivity contribution is 5.95. The standard InChI is InChI=1S/C16H22O6/c1-16(2,3)14(17)9-22-15(18)10-7-12(20-5)13(21-6)8-11(10)19-4/h7-8H,9H2,1-6H3. The summed E-state index contributed by atoms with van der Waals surface area (Å²) in [5.74, 6) is 0.264. The minimum Gasteiger partial charge on any atom is -0.496 e. The molecule has 0 spiro atoms. The largest absolute Gasteiger partial charge is 0.496 e. The predicted octanol–water partition coefficient (Wildman–Crippen LogP) is 2.48.